The van der Waals surface area contributed by atoms with Crippen LogP contribution in [0.25, 0.3) is 0 Å². The van der Waals surface area contributed by atoms with Crippen molar-refractivity contribution in [3.05, 3.63) is 71.7 Å². The van der Waals surface area contributed by atoms with E-state index in [0.29, 0.717) is 24.5 Å². The van der Waals surface area contributed by atoms with E-state index in [9.17, 15) is 9.59 Å². The van der Waals surface area contributed by atoms with Crippen molar-refractivity contribution in [2.45, 2.75) is 105 Å². The molecular weight excluding hydrogens is 632 g/mol. The number of esters is 2. The second-order valence-corrected chi connectivity index (χ2v) is 16.0. The van der Waals surface area contributed by atoms with Gasteiger partial charge >= 0.3 is 11.9 Å². The first-order chi connectivity index (χ1) is 23.5. The molecule has 0 N–H and O–H groups in total. The van der Waals surface area contributed by atoms with Gasteiger partial charge in [-0.05, 0) is 65.5 Å². The Morgan fingerprint density at radius 1 is 1.08 bits per heavy atom. The molecule has 0 amide bonds. The van der Waals surface area contributed by atoms with E-state index >= 15 is 0 Å². The van der Waals surface area contributed by atoms with Gasteiger partial charge in [0.1, 0.15) is 5.60 Å². The molecule has 4 rings (SSSR count). The Labute approximate surface area is 299 Å². The molecule has 6 atom stereocenters. The minimum atomic E-state index is -1.50. The Balaban J connectivity index is 1.97. The van der Waals surface area contributed by atoms with Crippen molar-refractivity contribution in [1.29, 1.82) is 0 Å². The van der Waals surface area contributed by atoms with Gasteiger partial charge in [-0.25, -0.2) is 0 Å². The highest BCUT2D eigenvalue weighted by Crippen LogP contribution is 2.67. The number of ether oxygens (including phenoxy) is 6. The smallest absolute Gasteiger partial charge is 0.315 e. The average molecular weight is 691 g/mol. The maximum atomic E-state index is 14.6. The molecular formula is C42H58O8. The van der Waals surface area contributed by atoms with Crippen LogP contribution < -0.4 is 0 Å². The summed E-state index contributed by atoms with van der Waals surface area (Å²) in [5.74, 6) is 1.51. The predicted octanol–water partition coefficient (Wildman–Crippen LogP) is 7.97. The van der Waals surface area contributed by atoms with E-state index in [2.05, 4.69) is 18.1 Å². The van der Waals surface area contributed by atoms with Gasteiger partial charge in [-0.3, -0.25) is 9.59 Å². The third-order valence-corrected chi connectivity index (χ3v) is 10.6. The normalized spacial score (nSPS) is 29.1. The number of carbonyl (C=O) groups is 2. The van der Waals surface area contributed by atoms with E-state index in [0.717, 1.165) is 18.4 Å². The molecule has 3 aliphatic rings. The van der Waals surface area contributed by atoms with Crippen molar-refractivity contribution < 1.29 is 38.0 Å². The van der Waals surface area contributed by atoms with Crippen LogP contribution >= 0.6 is 0 Å². The van der Waals surface area contributed by atoms with Crippen LogP contribution in [-0.2, 0) is 44.6 Å². The van der Waals surface area contributed by atoms with Gasteiger partial charge in [0.05, 0.1) is 43.9 Å². The molecule has 1 saturated carbocycles. The zero-order chi connectivity index (χ0) is 37.0. The number of rotatable bonds is 13. The van der Waals surface area contributed by atoms with E-state index in [-0.39, 0.29) is 43.7 Å². The minimum Gasteiger partial charge on any atom is -0.465 e. The van der Waals surface area contributed by atoms with Gasteiger partial charge in [-0.15, -0.1) is 6.42 Å². The van der Waals surface area contributed by atoms with Crippen molar-refractivity contribution in [3.8, 4) is 12.3 Å². The van der Waals surface area contributed by atoms with Crippen LogP contribution in [0.1, 0.15) is 87.1 Å². The molecule has 0 saturated heterocycles. The maximum absolute atomic E-state index is 14.6. The third kappa shape index (κ3) is 7.55. The van der Waals surface area contributed by atoms with E-state index in [1.165, 1.54) is 0 Å². The number of carbonyl (C=O) groups excluding carboxylic acids is 2. The summed E-state index contributed by atoms with van der Waals surface area (Å²) in [6.07, 6.45) is 16.5. The average Bonchev–Trinajstić information content (AvgIpc) is 3.05. The lowest BCUT2D eigenvalue weighted by Gasteiger charge is -2.63. The Hall–Kier alpha value is -3.54. The Morgan fingerprint density at radius 2 is 1.78 bits per heavy atom. The Kier molecular flexibility index (Phi) is 12.1. The molecule has 274 valence electrons. The van der Waals surface area contributed by atoms with Gasteiger partial charge < -0.3 is 28.4 Å². The number of hydrogen-bond acceptors (Lipinski definition) is 8. The third-order valence-electron chi connectivity index (χ3n) is 10.6. The number of hydrogen-bond donors (Lipinski definition) is 0. The van der Waals surface area contributed by atoms with Crippen molar-refractivity contribution in [3.63, 3.8) is 0 Å². The van der Waals surface area contributed by atoms with Crippen LogP contribution in [0.5, 0.6) is 0 Å². The summed E-state index contributed by atoms with van der Waals surface area (Å²) in [6.45, 7) is 18.2. The summed E-state index contributed by atoms with van der Waals surface area (Å²) < 4.78 is 37.3. The van der Waals surface area contributed by atoms with E-state index < -0.39 is 39.3 Å². The lowest BCUT2D eigenvalue weighted by molar-refractivity contribution is -0.207. The van der Waals surface area contributed by atoms with Gasteiger partial charge in [-0.1, -0.05) is 81.7 Å². The highest BCUT2D eigenvalue weighted by molar-refractivity contribution is 5.79. The van der Waals surface area contributed by atoms with Gasteiger partial charge in [0.25, 0.3) is 5.95 Å². The van der Waals surface area contributed by atoms with Crippen molar-refractivity contribution >= 4 is 11.9 Å². The largest absolute Gasteiger partial charge is 0.465 e. The molecule has 8 nitrogen and oxygen atoms in total. The summed E-state index contributed by atoms with van der Waals surface area (Å²) >= 11 is 0. The molecule has 50 heavy (non-hydrogen) atoms. The molecule has 0 aromatic heterocycles. The van der Waals surface area contributed by atoms with Crippen molar-refractivity contribution in [2.75, 3.05) is 26.9 Å². The van der Waals surface area contributed by atoms with Gasteiger partial charge in [0.15, 0.2) is 0 Å². The second kappa shape index (κ2) is 15.4. The molecule has 1 aromatic rings. The highest BCUT2D eigenvalue weighted by atomic mass is 16.7. The molecule has 0 radical (unpaired) electrons. The quantitative estimate of drug-likeness (QED) is 0.117. The zero-order valence-electron chi connectivity index (χ0n) is 31.8. The molecule has 1 spiro atoms. The molecule has 1 aromatic carbocycles. The topological polar surface area (TPSA) is 89.5 Å². The second-order valence-electron chi connectivity index (χ2n) is 16.0. The molecule has 0 bridgehead atoms. The zero-order valence-corrected chi connectivity index (χ0v) is 31.8. The first-order valence-electron chi connectivity index (χ1n) is 17.9. The van der Waals surface area contributed by atoms with Crippen molar-refractivity contribution in [1.82, 2.24) is 0 Å². The monoisotopic (exact) mass is 690 g/mol. The fourth-order valence-corrected chi connectivity index (χ4v) is 8.23. The van der Waals surface area contributed by atoms with E-state index in [4.69, 9.17) is 34.8 Å². The minimum absolute atomic E-state index is 0.144. The van der Waals surface area contributed by atoms with E-state index in [1.54, 1.807) is 21.0 Å². The van der Waals surface area contributed by atoms with Crippen LogP contribution in [0.2, 0.25) is 0 Å². The summed E-state index contributed by atoms with van der Waals surface area (Å²) in [4.78, 5) is 28.2. The standard InChI is InChI=1S/C42H58O8/c1-12-42(31(6)20-24-45-11,49-36(43)29(2)3)39(10)23-19-33-40(28-47-35(25-34(39)40)48-30(4)5)21-16-22-41(33,37(44)50-38(7,8)9)27-46-26-32-17-14-13-15-18-32/h1,13-15,17-20,23,25,29-30,33-34H,16,21-22,24,26-28H2,2-11H3/b31-20+/t33-,34+,39-,40-,41-,42?/m1/s1. The lowest BCUT2D eigenvalue weighted by atomic mass is 9.42. The number of terminal acetylenes is 1. The highest BCUT2D eigenvalue weighted by Gasteiger charge is 2.69. The van der Waals surface area contributed by atoms with Crippen LogP contribution in [0.4, 0.5) is 0 Å². The summed E-state index contributed by atoms with van der Waals surface area (Å²) in [6, 6.07) is 9.94. The fraction of sp³-hybridized carbons (Fsp3) is 0.619. The molecule has 8 heteroatoms. The fourth-order valence-electron chi connectivity index (χ4n) is 8.23. The number of benzene rings is 1. The predicted molar refractivity (Wildman–Crippen MR) is 193 cm³/mol. The number of allylic oxidation sites excluding steroid dienone is 2. The van der Waals surface area contributed by atoms with Crippen LogP contribution in [0.3, 0.4) is 0 Å². The van der Waals surface area contributed by atoms with Crippen molar-refractivity contribution in [2.24, 2.45) is 34.0 Å². The number of methoxy groups -OCH3 is 1. The first kappa shape index (κ1) is 39.2. The van der Waals surface area contributed by atoms with E-state index in [1.807, 2.05) is 91.0 Å². The van der Waals surface area contributed by atoms with Gasteiger partial charge in [-0.2, -0.15) is 0 Å². The maximum Gasteiger partial charge on any atom is 0.315 e. The van der Waals surface area contributed by atoms with Crippen LogP contribution in [0, 0.1) is 46.3 Å². The summed E-state index contributed by atoms with van der Waals surface area (Å²) in [7, 11) is 1.61. The van der Waals surface area contributed by atoms with Gasteiger partial charge in [0.2, 0.25) is 5.60 Å². The molecule has 1 heterocycles. The Morgan fingerprint density at radius 3 is 2.38 bits per heavy atom. The van der Waals surface area contributed by atoms with Crippen LogP contribution in [0.15, 0.2) is 66.2 Å². The SMILES string of the molecule is C#CC(OC(=O)C(C)C)(/C(C)=C/COC)[C@]1(C)C=C[C@H]2[C@@](COCc3ccccc3)(C(=O)OC(C)(C)C)CCC[C@@]23COC(OC(C)C)=C[C@H]31. The molecule has 1 aliphatic heterocycles. The lowest BCUT2D eigenvalue weighted by Crippen LogP contribution is -2.66. The van der Waals surface area contributed by atoms with Crippen LogP contribution in [-0.4, -0.2) is 56.2 Å². The molecule has 1 fully saturated rings. The summed E-state index contributed by atoms with van der Waals surface area (Å²) in [5.41, 5.74) is -3.19. The van der Waals surface area contributed by atoms with Gasteiger partial charge in [0, 0.05) is 35.9 Å². The molecule has 2 aliphatic carbocycles. The Bertz CT molecular complexity index is 1490. The first-order valence-corrected chi connectivity index (χ1v) is 17.9. The summed E-state index contributed by atoms with van der Waals surface area (Å²) in [5, 5.41) is 0. The molecule has 1 unspecified atom stereocenters.